The van der Waals surface area contributed by atoms with E-state index < -0.39 is 58.4 Å². The molecule has 1 aliphatic heterocycles. The molecule has 4 rings (SSSR count). The number of carbonyl (C=O) groups is 4. The topological polar surface area (TPSA) is 226 Å². The molecule has 4 amide bonds. The maximum absolute atomic E-state index is 13.8. The Kier molecular flexibility index (Phi) is 14.4. The van der Waals surface area contributed by atoms with Gasteiger partial charge in [-0.2, -0.15) is 0 Å². The van der Waals surface area contributed by atoms with Crippen LogP contribution in [0.3, 0.4) is 0 Å². The van der Waals surface area contributed by atoms with Crippen molar-refractivity contribution in [2.45, 2.75) is 69.9 Å². The quantitative estimate of drug-likeness (QED) is 0.0717. The molecule has 16 nitrogen and oxygen atoms in total. The minimum absolute atomic E-state index is 0.0716. The number of fused-ring (bicyclic) bond motifs is 1. The molecule has 0 bridgehead atoms. The van der Waals surface area contributed by atoms with Gasteiger partial charge >= 0.3 is 14.7 Å². The number of unbranched alkanes of at least 4 members (excludes halogenated alkanes) is 1. The summed E-state index contributed by atoms with van der Waals surface area (Å²) in [4.78, 5) is 79.4. The summed E-state index contributed by atoms with van der Waals surface area (Å²) < 4.78 is 34.5. The number of anilines is 1. The van der Waals surface area contributed by atoms with Crippen molar-refractivity contribution in [2.24, 2.45) is 5.92 Å². The number of nitrogens with zero attached hydrogens (tertiary/aromatic N) is 3. The summed E-state index contributed by atoms with van der Waals surface area (Å²) in [7, 11) is -4.97. The summed E-state index contributed by atoms with van der Waals surface area (Å²) in [5.74, 6) is -1.61. The molecule has 19 heteroatoms. The second-order valence-corrected chi connectivity index (χ2v) is 15.4. The normalized spacial score (nSPS) is 14.0. The summed E-state index contributed by atoms with van der Waals surface area (Å²) in [6.07, 6.45) is 5.42. The van der Waals surface area contributed by atoms with Gasteiger partial charge in [0.1, 0.15) is 23.2 Å². The van der Waals surface area contributed by atoms with Gasteiger partial charge in [-0.05, 0) is 42.9 Å². The number of hydrogen-bond acceptors (Lipinski definition) is 10. The maximum atomic E-state index is 13.8. The fourth-order valence-corrected chi connectivity index (χ4v) is 6.33. The molecule has 52 heavy (non-hydrogen) atoms. The molecule has 1 aromatic heterocycles. The van der Waals surface area contributed by atoms with Crippen LogP contribution in [0.1, 0.15) is 62.0 Å². The Morgan fingerprint density at radius 2 is 1.67 bits per heavy atom. The van der Waals surface area contributed by atoms with Gasteiger partial charge in [0.25, 0.3) is 5.91 Å². The number of nitrogens with one attached hydrogen (secondary N) is 3. The van der Waals surface area contributed by atoms with Gasteiger partial charge < -0.3 is 39.9 Å². The van der Waals surface area contributed by atoms with Gasteiger partial charge in [0.2, 0.25) is 23.2 Å². The average Bonchev–Trinajstić information content (AvgIpc) is 3.55. The number of hydrogen-bond donors (Lipinski definition) is 5. The standard InChI is InChI=1S/C33H41BN6O10P2/c1-21(2)17-28(38-31(43)24(18-22-9-5-4-6-10-22)37-32(44)25-20-35-15-16-36-25)34-49-26-14-13-23(19-27(26)50-34)40(3)30(42)12-8-7-11-29(41)39-33(51-45)52(46,47)48/h4-6,9-10,13-16,19-21,24,28,33H,7-8,11-12,17-18H2,1-3H3,(H,37,44)(H,38,43)(H,39,41)(H2,46,47,48)/t24-,28-,33?/m1/s1. The predicted molar refractivity (Wildman–Crippen MR) is 192 cm³/mol. The number of aromatic nitrogens is 2. The number of carbonyl (C=O) groups excluding carboxylic acids is 4. The maximum Gasteiger partial charge on any atom is 0.618 e. The minimum atomic E-state index is -4.76. The van der Waals surface area contributed by atoms with Gasteiger partial charge in [-0.3, -0.25) is 33.3 Å². The van der Waals surface area contributed by atoms with Crippen LogP contribution in [0.4, 0.5) is 5.69 Å². The van der Waals surface area contributed by atoms with E-state index in [0.29, 0.717) is 30.0 Å². The molecule has 0 saturated heterocycles. The van der Waals surface area contributed by atoms with Gasteiger partial charge in [-0.15, -0.1) is 0 Å². The van der Waals surface area contributed by atoms with E-state index in [0.717, 1.165) is 5.56 Å². The van der Waals surface area contributed by atoms with Crippen molar-refractivity contribution in [1.82, 2.24) is 25.9 Å². The zero-order valence-electron chi connectivity index (χ0n) is 28.9. The minimum Gasteiger partial charge on any atom is -0.522 e. The molecule has 0 saturated carbocycles. The first-order valence-electron chi connectivity index (χ1n) is 16.6. The van der Waals surface area contributed by atoms with Crippen LogP contribution in [-0.2, 0) is 29.9 Å². The van der Waals surface area contributed by atoms with E-state index in [2.05, 4.69) is 20.6 Å². The van der Waals surface area contributed by atoms with E-state index in [4.69, 9.17) is 19.1 Å². The smallest absolute Gasteiger partial charge is 0.522 e. The van der Waals surface area contributed by atoms with Crippen LogP contribution >= 0.6 is 16.1 Å². The van der Waals surface area contributed by atoms with E-state index in [-0.39, 0.29) is 43.2 Å². The number of rotatable bonds is 18. The van der Waals surface area contributed by atoms with Crippen molar-refractivity contribution in [2.75, 3.05) is 11.9 Å². The zero-order valence-corrected chi connectivity index (χ0v) is 30.7. The highest BCUT2D eigenvalue weighted by atomic mass is 31.2. The summed E-state index contributed by atoms with van der Waals surface area (Å²) in [6, 6.07) is 13.3. The molecule has 0 aliphatic carbocycles. The predicted octanol–water partition coefficient (Wildman–Crippen LogP) is 3.24. The average molecular weight is 754 g/mol. The fraction of sp³-hybridized carbons (Fsp3) is 0.394. The molecule has 1 aliphatic rings. The van der Waals surface area contributed by atoms with Gasteiger partial charge in [0, 0.05) is 50.5 Å². The third-order valence-corrected chi connectivity index (χ3v) is 10.3. The third-order valence-electron chi connectivity index (χ3n) is 8.01. The number of amides is 4. The summed E-state index contributed by atoms with van der Waals surface area (Å²) in [5.41, 5.74) is -0.381. The molecule has 2 aromatic carbocycles. The molecule has 0 spiro atoms. The highest BCUT2D eigenvalue weighted by molar-refractivity contribution is 7.61. The molecule has 1 unspecified atom stereocenters. The molecule has 5 N–H and O–H groups in total. The Bertz CT molecular complexity index is 1770. The summed E-state index contributed by atoms with van der Waals surface area (Å²) in [5, 5.41) is 7.85. The Labute approximate surface area is 303 Å². The SMILES string of the molecule is CC(C)C[C@@H](NC(=O)[C@@H](Cc1ccccc1)NC(=O)c1cnccn1)B1Oc2ccc(N(C)C(=O)CCCCC(=O)NC(P=O)P(=O)(O)O)cc2O1. The molecule has 0 fully saturated rings. The Morgan fingerprint density at radius 1 is 0.962 bits per heavy atom. The molecular weight excluding hydrogens is 713 g/mol. The van der Waals surface area contributed by atoms with Crippen molar-refractivity contribution < 1.29 is 47.4 Å². The molecule has 3 aromatic rings. The number of benzene rings is 2. The van der Waals surface area contributed by atoms with Gasteiger partial charge in [0.05, 0.1) is 12.1 Å². The van der Waals surface area contributed by atoms with Crippen LogP contribution in [0.2, 0.25) is 0 Å². The molecule has 3 atom stereocenters. The highest BCUT2D eigenvalue weighted by Gasteiger charge is 2.42. The lowest BCUT2D eigenvalue weighted by atomic mass is 9.74. The zero-order chi connectivity index (χ0) is 37.8. The van der Waals surface area contributed by atoms with E-state index in [1.165, 1.54) is 23.5 Å². The molecular formula is C33H41BN6O10P2. The van der Waals surface area contributed by atoms with Crippen molar-refractivity contribution in [3.05, 3.63) is 78.4 Å². The Hall–Kier alpha value is -4.69. The van der Waals surface area contributed by atoms with Crippen LogP contribution < -0.4 is 30.2 Å². The van der Waals surface area contributed by atoms with Gasteiger partial charge in [-0.1, -0.05) is 44.2 Å². The highest BCUT2D eigenvalue weighted by Crippen LogP contribution is 2.44. The molecule has 0 radical (unpaired) electrons. The van der Waals surface area contributed by atoms with Gasteiger partial charge in [-0.25, -0.2) is 4.98 Å². The van der Waals surface area contributed by atoms with Crippen LogP contribution in [0, 0.1) is 5.92 Å². The van der Waals surface area contributed by atoms with Crippen LogP contribution in [-0.4, -0.2) is 75.1 Å². The third kappa shape index (κ3) is 11.7. The lowest BCUT2D eigenvalue weighted by Gasteiger charge is -2.25. The first kappa shape index (κ1) is 40.1. The Morgan fingerprint density at radius 3 is 2.33 bits per heavy atom. The van der Waals surface area contributed by atoms with Crippen LogP contribution in [0.25, 0.3) is 0 Å². The largest absolute Gasteiger partial charge is 0.618 e. The summed E-state index contributed by atoms with van der Waals surface area (Å²) >= 11 is 0. The van der Waals surface area contributed by atoms with Crippen molar-refractivity contribution in [3.8, 4) is 11.5 Å². The van der Waals surface area contributed by atoms with Crippen LogP contribution in [0.15, 0.2) is 67.1 Å². The molecule has 2 heterocycles. The van der Waals surface area contributed by atoms with Gasteiger partial charge in [0.15, 0.2) is 8.46 Å². The lowest BCUT2D eigenvalue weighted by Crippen LogP contribution is -2.57. The van der Waals surface area contributed by atoms with E-state index in [1.807, 2.05) is 49.5 Å². The van der Waals surface area contributed by atoms with Crippen LogP contribution in [0.5, 0.6) is 11.5 Å². The summed E-state index contributed by atoms with van der Waals surface area (Å²) in [6.45, 7) is 3.99. The van der Waals surface area contributed by atoms with E-state index in [1.54, 1.807) is 25.2 Å². The monoisotopic (exact) mass is 754 g/mol. The van der Waals surface area contributed by atoms with Crippen molar-refractivity contribution >= 4 is 52.5 Å². The fourth-order valence-electron chi connectivity index (χ4n) is 5.33. The van der Waals surface area contributed by atoms with E-state index >= 15 is 0 Å². The van der Waals surface area contributed by atoms with E-state index in [9.17, 15) is 28.3 Å². The lowest BCUT2D eigenvalue weighted by molar-refractivity contribution is -0.123. The first-order chi connectivity index (χ1) is 24.7. The van der Waals surface area contributed by atoms with Crippen molar-refractivity contribution in [3.63, 3.8) is 0 Å². The Balaban J connectivity index is 1.37. The second kappa shape index (κ2) is 18.7. The van der Waals surface area contributed by atoms with Crippen molar-refractivity contribution in [1.29, 1.82) is 0 Å². The molecule has 276 valence electrons. The first-order valence-corrected chi connectivity index (χ1v) is 19.1. The second-order valence-electron chi connectivity index (χ2n) is 12.6.